The molecular weight excluding hydrogens is 312 g/mol. The molecule has 0 radical (unpaired) electrons. The summed E-state index contributed by atoms with van der Waals surface area (Å²) in [6.07, 6.45) is 1.44. The molecule has 2 aromatic rings. The van der Waals surface area contributed by atoms with Crippen LogP contribution in [-0.4, -0.2) is 36.1 Å². The van der Waals surface area contributed by atoms with Gasteiger partial charge in [0.25, 0.3) is 0 Å². The molecule has 1 unspecified atom stereocenters. The molecule has 1 aromatic heterocycles. The molecule has 0 saturated carbocycles. The van der Waals surface area contributed by atoms with E-state index in [-0.39, 0.29) is 16.9 Å². The Kier molecular flexibility index (Phi) is 3.84. The summed E-state index contributed by atoms with van der Waals surface area (Å²) in [6.45, 7) is 0.411. The summed E-state index contributed by atoms with van der Waals surface area (Å²) in [5, 5.41) is -0.344. The van der Waals surface area contributed by atoms with Crippen molar-refractivity contribution in [3.05, 3.63) is 24.0 Å². The normalized spacial score (nSPS) is 21.0. The molecule has 3 rings (SSSR count). The lowest BCUT2D eigenvalue weighted by Gasteiger charge is -2.13. The molecule has 0 aliphatic carbocycles. The molecule has 1 atom stereocenters. The zero-order valence-corrected chi connectivity index (χ0v) is 13.3. The van der Waals surface area contributed by atoms with Crippen molar-refractivity contribution in [1.82, 2.24) is 9.55 Å². The van der Waals surface area contributed by atoms with E-state index in [2.05, 4.69) is 4.98 Å². The number of nitrogens with zero attached hydrogens (tertiary/aromatic N) is 2. The number of halogens is 1. The van der Waals surface area contributed by atoms with Crippen LogP contribution >= 0.6 is 11.6 Å². The van der Waals surface area contributed by atoms with E-state index in [1.54, 1.807) is 7.11 Å². The molecule has 0 N–H and O–H groups in total. The number of hydrogen-bond acceptors (Lipinski definition) is 4. The fraction of sp³-hybridized carbons (Fsp3) is 0.500. The number of benzene rings is 1. The van der Waals surface area contributed by atoms with Crippen molar-refractivity contribution < 1.29 is 13.2 Å². The van der Waals surface area contributed by atoms with Crippen LogP contribution in [0, 0.1) is 0 Å². The van der Waals surface area contributed by atoms with E-state index < -0.39 is 9.84 Å². The van der Waals surface area contributed by atoms with Crippen LogP contribution in [0.15, 0.2) is 18.2 Å². The molecule has 1 fully saturated rings. The topological polar surface area (TPSA) is 61.2 Å². The Bertz CT molecular complexity index is 770. The van der Waals surface area contributed by atoms with Crippen LogP contribution in [0.25, 0.3) is 11.0 Å². The summed E-state index contributed by atoms with van der Waals surface area (Å²) in [4.78, 5) is 4.48. The van der Waals surface area contributed by atoms with Crippen LogP contribution in [0.4, 0.5) is 0 Å². The molecule has 1 aliphatic rings. The molecule has 0 amide bonds. The molecule has 1 aliphatic heterocycles. The highest BCUT2D eigenvalue weighted by Gasteiger charge is 2.32. The van der Waals surface area contributed by atoms with Crippen LogP contribution in [0.1, 0.15) is 18.7 Å². The van der Waals surface area contributed by atoms with Gasteiger partial charge in [0, 0.05) is 12.6 Å². The quantitative estimate of drug-likeness (QED) is 0.808. The molecule has 0 bridgehead atoms. The lowest BCUT2D eigenvalue weighted by atomic mass is 10.2. The highest BCUT2D eigenvalue weighted by Crippen LogP contribution is 2.27. The second kappa shape index (κ2) is 5.50. The summed E-state index contributed by atoms with van der Waals surface area (Å²) in [7, 11) is -1.39. The van der Waals surface area contributed by atoms with Gasteiger partial charge in [-0.25, -0.2) is 13.4 Å². The van der Waals surface area contributed by atoms with Gasteiger partial charge in [0.2, 0.25) is 0 Å². The first-order valence-electron chi connectivity index (χ1n) is 6.86. The van der Waals surface area contributed by atoms with Crippen molar-refractivity contribution in [2.45, 2.75) is 30.5 Å². The summed E-state index contributed by atoms with van der Waals surface area (Å²) in [5.74, 6) is 1.95. The second-order valence-electron chi connectivity index (χ2n) is 5.26. The lowest BCUT2D eigenvalue weighted by molar-refractivity contribution is 0.415. The summed E-state index contributed by atoms with van der Waals surface area (Å²) >= 11 is 5.97. The van der Waals surface area contributed by atoms with E-state index in [1.165, 1.54) is 0 Å². The number of sulfone groups is 1. The van der Waals surface area contributed by atoms with Gasteiger partial charge >= 0.3 is 0 Å². The number of imidazole rings is 1. The Balaban J connectivity index is 2.07. The summed E-state index contributed by atoms with van der Waals surface area (Å²) in [5.41, 5.74) is 1.67. The van der Waals surface area contributed by atoms with E-state index >= 15 is 0 Å². The molecule has 2 heterocycles. The first-order valence-corrected chi connectivity index (χ1v) is 9.11. The lowest BCUT2D eigenvalue weighted by Crippen LogP contribution is -2.23. The van der Waals surface area contributed by atoms with Crippen LogP contribution in [0.5, 0.6) is 5.75 Å². The Labute approximate surface area is 128 Å². The van der Waals surface area contributed by atoms with Crippen LogP contribution in [-0.2, 0) is 22.3 Å². The number of aromatic nitrogens is 2. The summed E-state index contributed by atoms with van der Waals surface area (Å²) < 4.78 is 31.3. The van der Waals surface area contributed by atoms with Crippen molar-refractivity contribution in [3.8, 4) is 5.75 Å². The maximum atomic E-state index is 12.1. The number of ether oxygens (including phenoxy) is 1. The smallest absolute Gasteiger partial charge is 0.154 e. The highest BCUT2D eigenvalue weighted by atomic mass is 35.5. The van der Waals surface area contributed by atoms with Gasteiger partial charge in [0.1, 0.15) is 11.6 Å². The zero-order chi connectivity index (χ0) is 15.0. The summed E-state index contributed by atoms with van der Waals surface area (Å²) in [6, 6.07) is 5.58. The van der Waals surface area contributed by atoms with Crippen LogP contribution in [0.2, 0.25) is 0 Å². The maximum absolute atomic E-state index is 12.1. The van der Waals surface area contributed by atoms with Crippen LogP contribution in [0.3, 0.4) is 0 Å². The fourth-order valence-corrected chi connectivity index (χ4v) is 4.86. The zero-order valence-electron chi connectivity index (χ0n) is 11.8. The van der Waals surface area contributed by atoms with Crippen molar-refractivity contribution >= 4 is 32.5 Å². The number of rotatable bonds is 4. The molecule has 0 spiro atoms. The van der Waals surface area contributed by atoms with E-state index in [0.717, 1.165) is 23.2 Å². The van der Waals surface area contributed by atoms with Crippen LogP contribution < -0.4 is 4.74 Å². The van der Waals surface area contributed by atoms with Gasteiger partial charge in [-0.1, -0.05) is 0 Å². The van der Waals surface area contributed by atoms with E-state index in [1.807, 2.05) is 22.8 Å². The standard InChI is InChI=1S/C14H17ClN2O3S/c1-20-10-4-5-12-13(7-10)17(14(8-15)16-12)9-11-3-2-6-21(11,18)19/h4-5,7,11H,2-3,6,8-9H2,1H3. The Morgan fingerprint density at radius 1 is 1.48 bits per heavy atom. The first-order chi connectivity index (χ1) is 10.0. The Hall–Kier alpha value is -1.27. The predicted octanol–water partition coefficient (Wildman–Crippen LogP) is 2.36. The number of hydrogen-bond donors (Lipinski definition) is 0. The molecule has 1 aromatic carbocycles. The minimum absolute atomic E-state index is 0.254. The fourth-order valence-electron chi connectivity index (χ4n) is 2.85. The van der Waals surface area contributed by atoms with E-state index in [4.69, 9.17) is 16.3 Å². The minimum atomic E-state index is -3.00. The average Bonchev–Trinajstić information content (AvgIpc) is 2.99. The number of alkyl halides is 1. The molecule has 5 nitrogen and oxygen atoms in total. The van der Waals surface area contributed by atoms with E-state index in [9.17, 15) is 8.42 Å². The van der Waals surface area contributed by atoms with Gasteiger partial charge in [-0.2, -0.15) is 0 Å². The van der Waals surface area contributed by atoms with Gasteiger partial charge in [0.05, 0.1) is 35.0 Å². The van der Waals surface area contributed by atoms with Gasteiger partial charge in [-0.3, -0.25) is 0 Å². The Morgan fingerprint density at radius 3 is 2.90 bits per heavy atom. The monoisotopic (exact) mass is 328 g/mol. The van der Waals surface area contributed by atoms with Crippen molar-refractivity contribution in [3.63, 3.8) is 0 Å². The third-order valence-electron chi connectivity index (χ3n) is 4.00. The third-order valence-corrected chi connectivity index (χ3v) is 6.50. The van der Waals surface area contributed by atoms with Gasteiger partial charge in [-0.15, -0.1) is 11.6 Å². The first kappa shape index (κ1) is 14.7. The third kappa shape index (κ3) is 2.62. The second-order valence-corrected chi connectivity index (χ2v) is 7.93. The van der Waals surface area contributed by atoms with Gasteiger partial charge in [-0.05, 0) is 25.0 Å². The predicted molar refractivity (Wildman–Crippen MR) is 82.7 cm³/mol. The molecule has 1 saturated heterocycles. The van der Waals surface area contributed by atoms with Crippen molar-refractivity contribution in [2.24, 2.45) is 0 Å². The largest absolute Gasteiger partial charge is 0.497 e. The van der Waals surface area contributed by atoms with Crippen molar-refractivity contribution in [1.29, 1.82) is 0 Å². The number of methoxy groups -OCH3 is 1. The van der Waals surface area contributed by atoms with Gasteiger partial charge in [0.15, 0.2) is 9.84 Å². The molecule has 7 heteroatoms. The molecule has 21 heavy (non-hydrogen) atoms. The maximum Gasteiger partial charge on any atom is 0.154 e. The average molecular weight is 329 g/mol. The number of fused-ring (bicyclic) bond motifs is 1. The van der Waals surface area contributed by atoms with Gasteiger partial charge < -0.3 is 9.30 Å². The van der Waals surface area contributed by atoms with E-state index in [0.29, 0.717) is 18.8 Å². The van der Waals surface area contributed by atoms with Crippen molar-refractivity contribution in [2.75, 3.05) is 12.9 Å². The minimum Gasteiger partial charge on any atom is -0.497 e. The molecule has 114 valence electrons. The highest BCUT2D eigenvalue weighted by molar-refractivity contribution is 7.92. The Morgan fingerprint density at radius 2 is 2.29 bits per heavy atom. The SMILES string of the molecule is COc1ccc2nc(CCl)n(CC3CCCS3(=O)=O)c2c1. The molecular formula is C14H17ClN2O3S.